The van der Waals surface area contributed by atoms with Gasteiger partial charge in [0.15, 0.2) is 0 Å². The van der Waals surface area contributed by atoms with Crippen LogP contribution in [0.4, 0.5) is 10.1 Å². The Morgan fingerprint density at radius 3 is 2.50 bits per heavy atom. The van der Waals surface area contributed by atoms with Crippen molar-refractivity contribution < 1.29 is 13.9 Å². The van der Waals surface area contributed by atoms with Crippen LogP contribution in [0.15, 0.2) is 42.6 Å². The molecule has 0 unspecified atom stereocenters. The molecule has 1 aromatic heterocycles. The third kappa shape index (κ3) is 4.18. The summed E-state index contributed by atoms with van der Waals surface area (Å²) >= 11 is 0. The molecule has 158 valence electrons. The summed E-state index contributed by atoms with van der Waals surface area (Å²) in [6, 6.07) is 9.61. The van der Waals surface area contributed by atoms with Crippen molar-refractivity contribution >= 4 is 22.5 Å². The smallest absolute Gasteiger partial charge is 0.255 e. The Morgan fingerprint density at radius 2 is 1.87 bits per heavy atom. The summed E-state index contributed by atoms with van der Waals surface area (Å²) in [7, 11) is 1.57. The molecule has 5 nitrogen and oxygen atoms in total. The van der Waals surface area contributed by atoms with Crippen LogP contribution in [0, 0.1) is 17.7 Å². The Morgan fingerprint density at radius 1 is 1.17 bits per heavy atom. The highest BCUT2D eigenvalue weighted by molar-refractivity contribution is 6.06. The van der Waals surface area contributed by atoms with Crippen LogP contribution in [0.2, 0.25) is 0 Å². The van der Waals surface area contributed by atoms with Crippen molar-refractivity contribution in [1.82, 2.24) is 9.78 Å². The molecule has 0 radical (unpaired) electrons. The summed E-state index contributed by atoms with van der Waals surface area (Å²) in [5, 5.41) is 8.61. The largest absolute Gasteiger partial charge is 0.494 e. The zero-order chi connectivity index (χ0) is 21.3. The van der Waals surface area contributed by atoms with E-state index in [2.05, 4.69) is 30.0 Å². The van der Waals surface area contributed by atoms with Gasteiger partial charge in [0.05, 0.1) is 24.4 Å². The summed E-state index contributed by atoms with van der Waals surface area (Å²) in [6.45, 7) is 4.61. The third-order valence-corrected chi connectivity index (χ3v) is 6.26. The average molecular weight is 410 g/mol. The van der Waals surface area contributed by atoms with Crippen LogP contribution in [0.3, 0.4) is 0 Å². The zero-order valence-corrected chi connectivity index (χ0v) is 17.7. The molecule has 1 aliphatic rings. The predicted octanol–water partition coefficient (Wildman–Crippen LogP) is 5.82. The van der Waals surface area contributed by atoms with Gasteiger partial charge in [-0.05, 0) is 67.9 Å². The predicted molar refractivity (Wildman–Crippen MR) is 116 cm³/mol. The number of carbonyl (C=O) groups is 1. The number of benzene rings is 2. The molecule has 2 aromatic carbocycles. The summed E-state index contributed by atoms with van der Waals surface area (Å²) in [6.07, 6.45) is 6.81. The number of nitrogens with zero attached hydrogens (tertiary/aromatic N) is 2. The first-order valence-corrected chi connectivity index (χ1v) is 10.6. The lowest BCUT2D eigenvalue weighted by atomic mass is 9.80. The van der Waals surface area contributed by atoms with Crippen LogP contribution in [0.5, 0.6) is 5.75 Å². The molecule has 0 bridgehead atoms. The minimum absolute atomic E-state index is 0.313. The van der Waals surface area contributed by atoms with Gasteiger partial charge in [-0.3, -0.25) is 9.48 Å². The van der Waals surface area contributed by atoms with Gasteiger partial charge in [-0.15, -0.1) is 0 Å². The van der Waals surface area contributed by atoms with E-state index in [4.69, 9.17) is 9.84 Å². The molecule has 30 heavy (non-hydrogen) atoms. The Hall–Kier alpha value is -2.89. The third-order valence-electron chi connectivity index (χ3n) is 6.26. The molecule has 1 aliphatic carbocycles. The van der Waals surface area contributed by atoms with E-state index in [1.807, 2.05) is 12.1 Å². The molecule has 0 aliphatic heterocycles. The maximum absolute atomic E-state index is 13.1. The summed E-state index contributed by atoms with van der Waals surface area (Å²) in [5.74, 6) is 1.40. The normalized spacial score (nSPS) is 19.2. The SMILES string of the molecule is COc1cc2nn(C3CCC(C(C)C)CC3)cc2cc1NC(=O)c1ccc(F)cc1. The highest BCUT2D eigenvalue weighted by atomic mass is 19.1. The number of carbonyl (C=O) groups excluding carboxylic acids is 1. The van der Waals surface area contributed by atoms with Crippen molar-refractivity contribution in [3.8, 4) is 5.75 Å². The summed E-state index contributed by atoms with van der Waals surface area (Å²) in [5.41, 5.74) is 1.80. The first-order valence-electron chi connectivity index (χ1n) is 10.6. The maximum atomic E-state index is 13.1. The number of hydrogen-bond acceptors (Lipinski definition) is 3. The van der Waals surface area contributed by atoms with E-state index in [-0.39, 0.29) is 11.7 Å². The Balaban J connectivity index is 1.56. The van der Waals surface area contributed by atoms with Gasteiger partial charge in [0, 0.05) is 23.2 Å². The second kappa shape index (κ2) is 8.46. The second-order valence-electron chi connectivity index (χ2n) is 8.49. The minimum atomic E-state index is -0.375. The van der Waals surface area contributed by atoms with Gasteiger partial charge in [0.2, 0.25) is 0 Å². The zero-order valence-electron chi connectivity index (χ0n) is 17.7. The topological polar surface area (TPSA) is 56.1 Å². The Kier molecular flexibility index (Phi) is 5.75. The van der Waals surface area contributed by atoms with Crippen LogP contribution >= 0.6 is 0 Å². The van der Waals surface area contributed by atoms with E-state index < -0.39 is 0 Å². The molecule has 1 heterocycles. The standard InChI is InChI=1S/C24H28FN3O2/c1-15(2)16-6-10-20(11-7-16)28-14-18-12-22(23(30-3)13-21(18)27-28)26-24(29)17-4-8-19(25)9-5-17/h4-5,8-9,12-16,20H,6-7,10-11H2,1-3H3,(H,26,29). The summed E-state index contributed by atoms with van der Waals surface area (Å²) in [4.78, 5) is 12.6. The number of fused-ring (bicyclic) bond motifs is 1. The minimum Gasteiger partial charge on any atom is -0.494 e. The van der Waals surface area contributed by atoms with E-state index in [0.29, 0.717) is 23.0 Å². The van der Waals surface area contributed by atoms with Crippen molar-refractivity contribution in [2.75, 3.05) is 12.4 Å². The van der Waals surface area contributed by atoms with Gasteiger partial charge < -0.3 is 10.1 Å². The molecular formula is C24H28FN3O2. The molecule has 1 amide bonds. The van der Waals surface area contributed by atoms with Gasteiger partial charge in [-0.1, -0.05) is 13.8 Å². The number of anilines is 1. The quantitative estimate of drug-likeness (QED) is 0.577. The fourth-order valence-corrected chi connectivity index (χ4v) is 4.35. The number of nitrogens with one attached hydrogen (secondary N) is 1. The lowest BCUT2D eigenvalue weighted by Crippen LogP contribution is -2.21. The van der Waals surface area contributed by atoms with Crippen molar-refractivity contribution in [3.05, 3.63) is 54.0 Å². The van der Waals surface area contributed by atoms with E-state index in [1.54, 1.807) is 7.11 Å². The first-order chi connectivity index (χ1) is 14.4. The molecular weight excluding hydrogens is 381 g/mol. The highest BCUT2D eigenvalue weighted by Crippen LogP contribution is 2.37. The average Bonchev–Trinajstić information content (AvgIpc) is 3.16. The van der Waals surface area contributed by atoms with Crippen LogP contribution < -0.4 is 10.1 Å². The number of methoxy groups -OCH3 is 1. The van der Waals surface area contributed by atoms with Crippen molar-refractivity contribution in [1.29, 1.82) is 0 Å². The van der Waals surface area contributed by atoms with Crippen molar-refractivity contribution in [2.45, 2.75) is 45.6 Å². The van der Waals surface area contributed by atoms with Gasteiger partial charge >= 0.3 is 0 Å². The number of amides is 1. The van der Waals surface area contributed by atoms with Gasteiger partial charge in [-0.25, -0.2) is 4.39 Å². The van der Waals surface area contributed by atoms with Crippen LogP contribution in [-0.2, 0) is 0 Å². The molecule has 0 atom stereocenters. The maximum Gasteiger partial charge on any atom is 0.255 e. The molecule has 1 fully saturated rings. The molecule has 4 rings (SSSR count). The van der Waals surface area contributed by atoms with Gasteiger partial charge in [0.1, 0.15) is 11.6 Å². The Labute approximate surface area is 176 Å². The number of halogens is 1. The van der Waals surface area contributed by atoms with E-state index in [1.165, 1.54) is 37.1 Å². The lowest BCUT2D eigenvalue weighted by Gasteiger charge is -2.30. The fraction of sp³-hybridized carbons (Fsp3) is 0.417. The van der Waals surface area contributed by atoms with E-state index >= 15 is 0 Å². The lowest BCUT2D eigenvalue weighted by molar-refractivity contribution is 0.102. The van der Waals surface area contributed by atoms with Crippen LogP contribution in [0.25, 0.3) is 10.9 Å². The van der Waals surface area contributed by atoms with Gasteiger partial charge in [0.25, 0.3) is 5.91 Å². The monoisotopic (exact) mass is 409 g/mol. The first kappa shape index (κ1) is 20.4. The number of aromatic nitrogens is 2. The fourth-order valence-electron chi connectivity index (χ4n) is 4.35. The summed E-state index contributed by atoms with van der Waals surface area (Å²) < 4.78 is 20.7. The van der Waals surface area contributed by atoms with Crippen LogP contribution in [0.1, 0.15) is 55.9 Å². The number of ether oxygens (including phenoxy) is 1. The Bertz CT molecular complexity index is 1030. The number of hydrogen-bond donors (Lipinski definition) is 1. The molecule has 6 heteroatoms. The molecule has 3 aromatic rings. The number of rotatable bonds is 5. The molecule has 1 N–H and O–H groups in total. The van der Waals surface area contributed by atoms with Crippen molar-refractivity contribution in [3.63, 3.8) is 0 Å². The second-order valence-corrected chi connectivity index (χ2v) is 8.49. The van der Waals surface area contributed by atoms with Gasteiger partial charge in [-0.2, -0.15) is 5.10 Å². The highest BCUT2D eigenvalue weighted by Gasteiger charge is 2.25. The van der Waals surface area contributed by atoms with E-state index in [0.717, 1.165) is 35.6 Å². The van der Waals surface area contributed by atoms with E-state index in [9.17, 15) is 9.18 Å². The molecule has 1 saturated carbocycles. The van der Waals surface area contributed by atoms with Crippen LogP contribution in [-0.4, -0.2) is 22.8 Å². The molecule has 0 saturated heterocycles. The van der Waals surface area contributed by atoms with Crippen molar-refractivity contribution in [2.24, 2.45) is 11.8 Å². The molecule has 0 spiro atoms.